The number of rotatable bonds is 5. The molecule has 0 amide bonds. The summed E-state index contributed by atoms with van der Waals surface area (Å²) in [7, 11) is 0. The summed E-state index contributed by atoms with van der Waals surface area (Å²) in [5, 5.41) is 7.85. The number of nitrogens with zero attached hydrogens (tertiary/aromatic N) is 2. The van der Waals surface area contributed by atoms with Crippen LogP contribution < -0.4 is 5.32 Å². The van der Waals surface area contributed by atoms with Crippen molar-refractivity contribution in [2.75, 3.05) is 6.54 Å². The second-order valence-corrected chi connectivity index (χ2v) is 5.38. The van der Waals surface area contributed by atoms with Gasteiger partial charge in [-0.15, -0.1) is 0 Å². The zero-order valence-corrected chi connectivity index (χ0v) is 13.5. The van der Waals surface area contributed by atoms with Gasteiger partial charge in [0, 0.05) is 29.4 Å². The molecule has 4 heteroatoms. The quantitative estimate of drug-likeness (QED) is 0.901. The molecule has 2 rings (SSSR count). The SMILES string of the molecule is CCNC(C)c1ccc(F)c(-c2c(C)nn(CC)c2C)c1. The Morgan fingerprint density at radius 1 is 1.29 bits per heavy atom. The number of benzene rings is 1. The van der Waals surface area contributed by atoms with Crippen LogP contribution >= 0.6 is 0 Å². The highest BCUT2D eigenvalue weighted by molar-refractivity contribution is 5.70. The van der Waals surface area contributed by atoms with Gasteiger partial charge in [-0.2, -0.15) is 5.10 Å². The summed E-state index contributed by atoms with van der Waals surface area (Å²) in [5.41, 5.74) is 4.55. The van der Waals surface area contributed by atoms with E-state index in [0.29, 0.717) is 5.56 Å². The highest BCUT2D eigenvalue weighted by atomic mass is 19.1. The van der Waals surface area contributed by atoms with Gasteiger partial charge >= 0.3 is 0 Å². The minimum absolute atomic E-state index is 0.190. The molecule has 0 radical (unpaired) electrons. The van der Waals surface area contributed by atoms with Gasteiger partial charge in [-0.25, -0.2) is 4.39 Å². The summed E-state index contributed by atoms with van der Waals surface area (Å²) in [6.45, 7) is 11.8. The number of nitrogens with one attached hydrogen (secondary N) is 1. The minimum Gasteiger partial charge on any atom is -0.310 e. The molecule has 0 bridgehead atoms. The fourth-order valence-corrected chi connectivity index (χ4v) is 2.82. The third-order valence-corrected chi connectivity index (χ3v) is 3.95. The Balaban J connectivity index is 2.53. The molecule has 0 saturated carbocycles. The Bertz CT molecular complexity index is 631. The standard InChI is InChI=1S/C17H24FN3/c1-6-19-11(3)14-8-9-16(18)15(10-14)17-12(4)20-21(7-2)13(17)5/h8-11,19H,6-7H2,1-5H3. The van der Waals surface area contributed by atoms with Crippen LogP contribution in [0.25, 0.3) is 11.1 Å². The molecule has 1 heterocycles. The van der Waals surface area contributed by atoms with E-state index in [1.807, 2.05) is 37.6 Å². The molecule has 0 aliphatic rings. The van der Waals surface area contributed by atoms with E-state index in [-0.39, 0.29) is 11.9 Å². The lowest BCUT2D eigenvalue weighted by molar-refractivity contribution is 0.592. The van der Waals surface area contributed by atoms with Crippen molar-refractivity contribution in [2.45, 2.75) is 47.2 Å². The number of halogens is 1. The van der Waals surface area contributed by atoms with Crippen molar-refractivity contribution in [3.8, 4) is 11.1 Å². The topological polar surface area (TPSA) is 29.9 Å². The molecule has 1 aromatic heterocycles. The normalized spacial score (nSPS) is 12.7. The van der Waals surface area contributed by atoms with Crippen molar-refractivity contribution in [2.24, 2.45) is 0 Å². The molecule has 3 nitrogen and oxygen atoms in total. The maximum atomic E-state index is 14.3. The first-order valence-electron chi connectivity index (χ1n) is 7.56. The Morgan fingerprint density at radius 2 is 2.00 bits per heavy atom. The van der Waals surface area contributed by atoms with Crippen LogP contribution in [-0.2, 0) is 6.54 Å². The second-order valence-electron chi connectivity index (χ2n) is 5.38. The summed E-state index contributed by atoms with van der Waals surface area (Å²) in [5.74, 6) is -0.190. The molecule has 0 aliphatic heterocycles. The highest BCUT2D eigenvalue weighted by Crippen LogP contribution is 2.31. The van der Waals surface area contributed by atoms with Gasteiger partial charge in [0.1, 0.15) is 5.82 Å². The summed E-state index contributed by atoms with van der Waals surface area (Å²) >= 11 is 0. The van der Waals surface area contributed by atoms with Crippen molar-refractivity contribution < 1.29 is 4.39 Å². The van der Waals surface area contributed by atoms with Gasteiger partial charge < -0.3 is 5.32 Å². The van der Waals surface area contributed by atoms with Gasteiger partial charge in [0.15, 0.2) is 0 Å². The van der Waals surface area contributed by atoms with Crippen LogP contribution in [0.2, 0.25) is 0 Å². The molecule has 1 unspecified atom stereocenters. The largest absolute Gasteiger partial charge is 0.310 e. The van der Waals surface area contributed by atoms with E-state index >= 15 is 0 Å². The van der Waals surface area contributed by atoms with Crippen LogP contribution in [0.5, 0.6) is 0 Å². The fourth-order valence-electron chi connectivity index (χ4n) is 2.82. The lowest BCUT2D eigenvalue weighted by Crippen LogP contribution is -2.17. The molecule has 0 saturated heterocycles. The monoisotopic (exact) mass is 289 g/mol. The number of aromatic nitrogens is 2. The molecule has 21 heavy (non-hydrogen) atoms. The molecular weight excluding hydrogens is 265 g/mol. The van der Waals surface area contributed by atoms with Gasteiger partial charge in [0.05, 0.1) is 5.69 Å². The molecule has 114 valence electrons. The Labute approximate surface area is 126 Å². The van der Waals surface area contributed by atoms with E-state index in [4.69, 9.17) is 0 Å². The molecule has 0 aliphatic carbocycles. The van der Waals surface area contributed by atoms with E-state index in [1.54, 1.807) is 6.07 Å². The van der Waals surface area contributed by atoms with Gasteiger partial charge in [-0.1, -0.05) is 13.0 Å². The first kappa shape index (κ1) is 15.7. The minimum atomic E-state index is -0.190. The van der Waals surface area contributed by atoms with Gasteiger partial charge in [-0.05, 0) is 51.9 Å². The van der Waals surface area contributed by atoms with Crippen molar-refractivity contribution >= 4 is 0 Å². The van der Waals surface area contributed by atoms with E-state index < -0.39 is 0 Å². The summed E-state index contributed by atoms with van der Waals surface area (Å²) < 4.78 is 16.2. The highest BCUT2D eigenvalue weighted by Gasteiger charge is 2.17. The first-order chi connectivity index (χ1) is 9.99. The van der Waals surface area contributed by atoms with Crippen molar-refractivity contribution in [3.05, 3.63) is 41.0 Å². The van der Waals surface area contributed by atoms with Crippen LogP contribution in [-0.4, -0.2) is 16.3 Å². The molecule has 1 atom stereocenters. The zero-order valence-electron chi connectivity index (χ0n) is 13.5. The average Bonchev–Trinajstić information content (AvgIpc) is 2.74. The Morgan fingerprint density at radius 3 is 2.57 bits per heavy atom. The summed E-state index contributed by atoms with van der Waals surface area (Å²) in [6.07, 6.45) is 0. The molecule has 2 aromatic rings. The van der Waals surface area contributed by atoms with Crippen LogP contribution in [0.15, 0.2) is 18.2 Å². The van der Waals surface area contributed by atoms with Gasteiger partial charge in [-0.3, -0.25) is 4.68 Å². The Hall–Kier alpha value is -1.68. The smallest absolute Gasteiger partial charge is 0.131 e. The van der Waals surface area contributed by atoms with E-state index in [1.165, 1.54) is 0 Å². The predicted molar refractivity (Wildman–Crippen MR) is 84.9 cm³/mol. The number of hydrogen-bond donors (Lipinski definition) is 1. The average molecular weight is 289 g/mol. The predicted octanol–water partition coefficient (Wildman–Crippen LogP) is 4.00. The summed E-state index contributed by atoms with van der Waals surface area (Å²) in [6, 6.07) is 5.55. The molecule has 1 aromatic carbocycles. The molecular formula is C17H24FN3. The maximum Gasteiger partial charge on any atom is 0.131 e. The van der Waals surface area contributed by atoms with Crippen LogP contribution in [0.1, 0.15) is 43.8 Å². The third-order valence-electron chi connectivity index (χ3n) is 3.95. The molecule has 0 spiro atoms. The third kappa shape index (κ3) is 3.00. The summed E-state index contributed by atoms with van der Waals surface area (Å²) in [4.78, 5) is 0. The lowest BCUT2D eigenvalue weighted by atomic mass is 9.98. The van der Waals surface area contributed by atoms with Gasteiger partial charge in [0.2, 0.25) is 0 Å². The molecule has 1 N–H and O–H groups in total. The van der Waals surface area contributed by atoms with Crippen molar-refractivity contribution in [1.29, 1.82) is 0 Å². The lowest BCUT2D eigenvalue weighted by Gasteiger charge is -2.15. The number of hydrogen-bond acceptors (Lipinski definition) is 2. The van der Waals surface area contributed by atoms with Crippen molar-refractivity contribution in [3.63, 3.8) is 0 Å². The van der Waals surface area contributed by atoms with E-state index in [2.05, 4.69) is 24.3 Å². The number of aryl methyl sites for hydroxylation is 2. The van der Waals surface area contributed by atoms with E-state index in [9.17, 15) is 4.39 Å². The van der Waals surface area contributed by atoms with Crippen LogP contribution in [0.3, 0.4) is 0 Å². The zero-order chi connectivity index (χ0) is 15.6. The van der Waals surface area contributed by atoms with Crippen molar-refractivity contribution in [1.82, 2.24) is 15.1 Å². The second kappa shape index (κ2) is 6.39. The maximum absolute atomic E-state index is 14.3. The van der Waals surface area contributed by atoms with Gasteiger partial charge in [0.25, 0.3) is 0 Å². The first-order valence-corrected chi connectivity index (χ1v) is 7.56. The fraction of sp³-hybridized carbons (Fsp3) is 0.471. The van der Waals surface area contributed by atoms with Crippen LogP contribution in [0.4, 0.5) is 4.39 Å². The van der Waals surface area contributed by atoms with E-state index in [0.717, 1.165) is 35.6 Å². The van der Waals surface area contributed by atoms with Crippen LogP contribution in [0, 0.1) is 19.7 Å². The molecule has 0 fully saturated rings. The Kier molecular flexibility index (Phi) is 4.78.